The lowest BCUT2D eigenvalue weighted by Crippen LogP contribution is -2.15. The Morgan fingerprint density at radius 3 is 2.40 bits per heavy atom. The van der Waals surface area contributed by atoms with E-state index in [0.29, 0.717) is 22.7 Å². The molecule has 5 heteroatoms. The van der Waals surface area contributed by atoms with Crippen LogP contribution in [0.1, 0.15) is 17.3 Å². The second-order valence-electron chi connectivity index (χ2n) is 3.72. The van der Waals surface area contributed by atoms with Gasteiger partial charge in [0.25, 0.3) is 0 Å². The largest absolute Gasteiger partial charge is 0.339 e. The number of para-hydroxylation sites is 1. The van der Waals surface area contributed by atoms with E-state index >= 15 is 0 Å². The van der Waals surface area contributed by atoms with Crippen molar-refractivity contribution < 1.29 is 4.79 Å². The molecule has 1 rings (SSSR count). The molecule has 0 saturated heterocycles. The lowest BCUT2D eigenvalue weighted by atomic mass is 10.1. The maximum absolute atomic E-state index is 10.8. The van der Waals surface area contributed by atoms with E-state index in [-0.39, 0.29) is 0 Å². The molecule has 5 nitrogen and oxygen atoms in total. The lowest BCUT2D eigenvalue weighted by Gasteiger charge is -2.09. The highest BCUT2D eigenvalue weighted by Crippen LogP contribution is 2.14. The van der Waals surface area contributed by atoms with Crippen LogP contribution in [0.2, 0.25) is 0 Å². The second kappa shape index (κ2) is 10.5. The molecule has 106 valence electrons. The standard InChI is InChI=1S/C13H13N3O.C2H7N/c1-3-10(8-14)13(15-2)16-12-7-5-4-6-11(12)9-17;1-3-2/h3-7,9H,1-2H3,(H,15,16);3H,1-2H3/b10-3-;. The number of hydrogen-bond acceptors (Lipinski definition) is 4. The fourth-order valence-electron chi connectivity index (χ4n) is 1.34. The van der Waals surface area contributed by atoms with Crippen LogP contribution < -0.4 is 10.6 Å². The summed E-state index contributed by atoms with van der Waals surface area (Å²) in [6, 6.07) is 9.09. The first-order valence-electron chi connectivity index (χ1n) is 6.11. The van der Waals surface area contributed by atoms with Crippen molar-refractivity contribution >= 4 is 17.8 Å². The van der Waals surface area contributed by atoms with Crippen LogP contribution in [0, 0.1) is 11.3 Å². The third-order valence-electron chi connectivity index (χ3n) is 2.23. The molecule has 0 atom stereocenters. The van der Waals surface area contributed by atoms with Crippen molar-refractivity contribution in [1.82, 2.24) is 5.32 Å². The molecule has 0 amide bonds. The van der Waals surface area contributed by atoms with E-state index in [1.807, 2.05) is 26.2 Å². The highest BCUT2D eigenvalue weighted by atomic mass is 16.1. The Kier molecular flexibility index (Phi) is 9.19. The average molecular weight is 272 g/mol. The number of nitrogens with one attached hydrogen (secondary N) is 2. The summed E-state index contributed by atoms with van der Waals surface area (Å²) < 4.78 is 0. The molecule has 0 aliphatic heterocycles. The zero-order chi connectivity index (χ0) is 15.4. The van der Waals surface area contributed by atoms with Crippen molar-refractivity contribution in [2.45, 2.75) is 6.92 Å². The summed E-state index contributed by atoms with van der Waals surface area (Å²) in [5, 5.41) is 14.7. The molecule has 0 heterocycles. The number of benzene rings is 1. The van der Waals surface area contributed by atoms with Crippen LogP contribution in [0.5, 0.6) is 0 Å². The molecule has 0 aliphatic rings. The maximum Gasteiger partial charge on any atom is 0.152 e. The van der Waals surface area contributed by atoms with Crippen LogP contribution in [0.4, 0.5) is 5.69 Å². The molecule has 0 saturated carbocycles. The van der Waals surface area contributed by atoms with Crippen LogP contribution in [-0.4, -0.2) is 33.3 Å². The van der Waals surface area contributed by atoms with Gasteiger partial charge in [-0.15, -0.1) is 0 Å². The van der Waals surface area contributed by atoms with E-state index in [2.05, 4.69) is 15.6 Å². The number of allylic oxidation sites excluding steroid dienone is 1. The number of anilines is 1. The van der Waals surface area contributed by atoms with Crippen LogP contribution in [-0.2, 0) is 0 Å². The molecule has 1 aromatic rings. The van der Waals surface area contributed by atoms with Gasteiger partial charge in [0.1, 0.15) is 11.9 Å². The quantitative estimate of drug-likeness (QED) is 0.383. The fraction of sp³-hybridized carbons (Fsp3) is 0.267. The Hall–Kier alpha value is -2.45. The Balaban J connectivity index is 0.00000110. The molecule has 0 bridgehead atoms. The molecule has 0 unspecified atom stereocenters. The summed E-state index contributed by atoms with van der Waals surface area (Å²) in [7, 11) is 5.34. The van der Waals surface area contributed by atoms with Gasteiger partial charge in [-0.2, -0.15) is 5.26 Å². The number of nitriles is 1. The minimum Gasteiger partial charge on any atom is -0.339 e. The highest BCUT2D eigenvalue weighted by Gasteiger charge is 2.07. The van der Waals surface area contributed by atoms with Gasteiger partial charge >= 0.3 is 0 Å². The van der Waals surface area contributed by atoms with Crippen molar-refractivity contribution in [3.63, 3.8) is 0 Å². The first kappa shape index (κ1) is 17.6. The van der Waals surface area contributed by atoms with E-state index in [4.69, 9.17) is 5.26 Å². The number of amidine groups is 1. The fourth-order valence-corrected chi connectivity index (χ4v) is 1.34. The molecular weight excluding hydrogens is 252 g/mol. The van der Waals surface area contributed by atoms with Gasteiger partial charge in [0.15, 0.2) is 6.29 Å². The van der Waals surface area contributed by atoms with Gasteiger partial charge in [0.2, 0.25) is 0 Å². The lowest BCUT2D eigenvalue weighted by molar-refractivity contribution is 0.112. The van der Waals surface area contributed by atoms with Crippen molar-refractivity contribution in [3.05, 3.63) is 41.5 Å². The van der Waals surface area contributed by atoms with E-state index in [9.17, 15) is 4.79 Å². The summed E-state index contributed by atoms with van der Waals surface area (Å²) in [6.45, 7) is 1.76. The number of hydrogen-bond donors (Lipinski definition) is 2. The second-order valence-corrected chi connectivity index (χ2v) is 3.72. The Bertz CT molecular complexity index is 527. The van der Waals surface area contributed by atoms with Gasteiger partial charge < -0.3 is 10.6 Å². The van der Waals surface area contributed by atoms with Crippen LogP contribution in [0.15, 0.2) is 40.9 Å². The predicted octanol–water partition coefficient (Wildman–Crippen LogP) is 2.24. The number of aldehydes is 1. The summed E-state index contributed by atoms with van der Waals surface area (Å²) in [5.74, 6) is 0.448. The third kappa shape index (κ3) is 5.46. The van der Waals surface area contributed by atoms with Crippen LogP contribution in [0.3, 0.4) is 0 Å². The Morgan fingerprint density at radius 2 is 1.95 bits per heavy atom. The van der Waals surface area contributed by atoms with Crippen LogP contribution >= 0.6 is 0 Å². The predicted molar refractivity (Wildman–Crippen MR) is 83.2 cm³/mol. The van der Waals surface area contributed by atoms with Gasteiger partial charge in [-0.1, -0.05) is 18.2 Å². The first-order valence-corrected chi connectivity index (χ1v) is 6.11. The summed E-state index contributed by atoms with van der Waals surface area (Å²) in [5.41, 5.74) is 1.60. The first-order chi connectivity index (χ1) is 9.68. The number of aliphatic imine (C=N–C) groups is 1. The minimum absolute atomic E-state index is 0.438. The molecule has 2 N–H and O–H groups in total. The molecule has 1 aromatic carbocycles. The number of carbonyl (C=O) groups excluding carboxylic acids is 1. The van der Waals surface area contributed by atoms with Crippen LogP contribution in [0.25, 0.3) is 0 Å². The van der Waals surface area contributed by atoms with Gasteiger partial charge in [-0.3, -0.25) is 9.79 Å². The van der Waals surface area contributed by atoms with E-state index in [0.717, 1.165) is 6.29 Å². The monoisotopic (exact) mass is 272 g/mol. The topological polar surface area (TPSA) is 77.3 Å². The summed E-state index contributed by atoms with van der Waals surface area (Å²) in [6.07, 6.45) is 2.43. The molecule has 0 aliphatic carbocycles. The third-order valence-corrected chi connectivity index (χ3v) is 2.23. The Morgan fingerprint density at radius 1 is 1.35 bits per heavy atom. The average Bonchev–Trinajstić information content (AvgIpc) is 2.48. The van der Waals surface area contributed by atoms with Crippen molar-refractivity contribution in [2.24, 2.45) is 4.99 Å². The normalized spacial score (nSPS) is 10.9. The molecule has 0 spiro atoms. The minimum atomic E-state index is 0.438. The van der Waals surface area contributed by atoms with Crippen molar-refractivity contribution in [1.29, 1.82) is 5.26 Å². The molecule has 0 radical (unpaired) electrons. The summed E-state index contributed by atoms with van der Waals surface area (Å²) in [4.78, 5) is 14.8. The van der Waals surface area contributed by atoms with E-state index in [1.165, 1.54) is 0 Å². The molecule has 0 fully saturated rings. The maximum atomic E-state index is 10.8. The highest BCUT2D eigenvalue weighted by molar-refractivity contribution is 6.11. The van der Waals surface area contributed by atoms with E-state index < -0.39 is 0 Å². The number of carbonyl (C=O) groups is 1. The zero-order valence-corrected chi connectivity index (χ0v) is 12.3. The van der Waals surface area contributed by atoms with Crippen molar-refractivity contribution in [2.75, 3.05) is 26.5 Å². The zero-order valence-electron chi connectivity index (χ0n) is 12.3. The Labute approximate surface area is 120 Å². The van der Waals surface area contributed by atoms with E-state index in [1.54, 1.807) is 38.2 Å². The smallest absolute Gasteiger partial charge is 0.152 e. The molecule has 20 heavy (non-hydrogen) atoms. The molecular formula is C15H20N4O. The SMILES string of the molecule is C/C=C(/C#N)C(=NC)Nc1ccccc1C=O.CNC. The number of nitrogens with zero attached hydrogens (tertiary/aromatic N) is 2. The van der Waals surface area contributed by atoms with Crippen molar-refractivity contribution in [3.8, 4) is 6.07 Å². The van der Waals surface area contributed by atoms with Gasteiger partial charge in [0.05, 0.1) is 11.3 Å². The van der Waals surface area contributed by atoms with Gasteiger partial charge in [-0.05, 0) is 33.2 Å². The van der Waals surface area contributed by atoms with Gasteiger partial charge in [0, 0.05) is 12.6 Å². The van der Waals surface area contributed by atoms with Gasteiger partial charge in [-0.25, -0.2) is 0 Å². The molecule has 0 aromatic heterocycles. The number of rotatable bonds is 3. The summed E-state index contributed by atoms with van der Waals surface area (Å²) >= 11 is 0.